The van der Waals surface area contributed by atoms with Crippen LogP contribution in [0.1, 0.15) is 38.5 Å². The van der Waals surface area contributed by atoms with Crippen molar-refractivity contribution in [1.82, 2.24) is 4.90 Å². The molecule has 0 amide bonds. The van der Waals surface area contributed by atoms with Gasteiger partial charge in [0, 0.05) is 25.7 Å². The van der Waals surface area contributed by atoms with Gasteiger partial charge in [0.05, 0.1) is 25.4 Å². The van der Waals surface area contributed by atoms with E-state index in [9.17, 15) is 10.2 Å². The monoisotopic (exact) mass is 358 g/mol. The zero-order chi connectivity index (χ0) is 14.4. The molecule has 4 N–H and O–H groups in total. The zero-order valence-corrected chi connectivity index (χ0v) is 14.9. The zero-order valence-electron chi connectivity index (χ0n) is 13.2. The number of aliphatic hydroxyl groups excluding tert-OH is 2. The number of nitrogens with two attached hydrogens (primary N) is 1. The highest BCUT2D eigenvalue weighted by atomic mass is 35.5. The molecule has 5 nitrogen and oxygen atoms in total. The summed E-state index contributed by atoms with van der Waals surface area (Å²) in [5.74, 6) is 0.522. The molecule has 0 aromatic heterocycles. The summed E-state index contributed by atoms with van der Waals surface area (Å²) in [6, 6.07) is 0.0182. The van der Waals surface area contributed by atoms with Gasteiger partial charge in [0.1, 0.15) is 0 Å². The van der Waals surface area contributed by atoms with E-state index in [0.29, 0.717) is 32.1 Å². The van der Waals surface area contributed by atoms with E-state index >= 15 is 0 Å². The SMILES string of the molecule is Cl.Cl.NC(CC(O)C(O)CN1CCOCC1)C1CCCCC1. The minimum Gasteiger partial charge on any atom is -0.390 e. The summed E-state index contributed by atoms with van der Waals surface area (Å²) in [7, 11) is 0. The first-order valence-electron chi connectivity index (χ1n) is 8.08. The molecule has 1 aliphatic heterocycles. The van der Waals surface area contributed by atoms with Crippen LogP contribution in [-0.4, -0.2) is 66.2 Å². The molecule has 1 aliphatic carbocycles. The minimum atomic E-state index is -0.713. The fourth-order valence-electron chi connectivity index (χ4n) is 3.36. The van der Waals surface area contributed by atoms with Crippen LogP contribution in [0.4, 0.5) is 0 Å². The Kier molecular flexibility index (Phi) is 12.0. The highest BCUT2D eigenvalue weighted by molar-refractivity contribution is 5.85. The lowest BCUT2D eigenvalue weighted by Crippen LogP contribution is -2.46. The number of morpholine rings is 1. The van der Waals surface area contributed by atoms with Gasteiger partial charge >= 0.3 is 0 Å². The number of rotatable bonds is 6. The number of ether oxygens (including phenoxy) is 1. The average Bonchev–Trinajstić information content (AvgIpc) is 2.49. The van der Waals surface area contributed by atoms with Crippen molar-refractivity contribution in [3.05, 3.63) is 0 Å². The van der Waals surface area contributed by atoms with E-state index in [1.54, 1.807) is 0 Å². The summed E-state index contributed by atoms with van der Waals surface area (Å²) < 4.78 is 5.28. The lowest BCUT2D eigenvalue weighted by molar-refractivity contribution is -0.0345. The van der Waals surface area contributed by atoms with Crippen molar-refractivity contribution in [2.75, 3.05) is 32.8 Å². The number of hydrogen-bond acceptors (Lipinski definition) is 5. The van der Waals surface area contributed by atoms with E-state index in [4.69, 9.17) is 10.5 Å². The Morgan fingerprint density at radius 1 is 1.00 bits per heavy atom. The Bertz CT molecular complexity index is 276. The van der Waals surface area contributed by atoms with Crippen LogP contribution in [0.25, 0.3) is 0 Å². The number of aliphatic hydroxyl groups is 2. The predicted octanol–water partition coefficient (Wildman–Crippen LogP) is 1.18. The molecule has 1 heterocycles. The van der Waals surface area contributed by atoms with Gasteiger partial charge in [0.2, 0.25) is 0 Å². The van der Waals surface area contributed by atoms with Gasteiger partial charge in [-0.25, -0.2) is 0 Å². The first kappa shape index (κ1) is 22.4. The Hall–Kier alpha value is 0.380. The van der Waals surface area contributed by atoms with Crippen LogP contribution in [0.15, 0.2) is 0 Å². The third kappa shape index (κ3) is 7.30. The van der Waals surface area contributed by atoms with E-state index in [0.717, 1.165) is 13.1 Å². The summed E-state index contributed by atoms with van der Waals surface area (Å²) >= 11 is 0. The molecule has 0 aromatic carbocycles. The van der Waals surface area contributed by atoms with Crippen LogP contribution in [0.3, 0.4) is 0 Å². The number of nitrogens with zero attached hydrogens (tertiary/aromatic N) is 1. The van der Waals surface area contributed by atoms with E-state index < -0.39 is 12.2 Å². The van der Waals surface area contributed by atoms with Crippen molar-refractivity contribution < 1.29 is 14.9 Å². The molecule has 1 saturated heterocycles. The topological polar surface area (TPSA) is 79.0 Å². The lowest BCUT2D eigenvalue weighted by atomic mass is 9.82. The van der Waals surface area contributed by atoms with Crippen LogP contribution in [0.5, 0.6) is 0 Å². The lowest BCUT2D eigenvalue weighted by Gasteiger charge is -2.32. The van der Waals surface area contributed by atoms with Gasteiger partial charge in [-0.15, -0.1) is 24.8 Å². The van der Waals surface area contributed by atoms with Crippen LogP contribution in [0, 0.1) is 5.92 Å². The summed E-state index contributed by atoms with van der Waals surface area (Å²) in [6.07, 6.45) is 5.26. The molecule has 22 heavy (non-hydrogen) atoms. The van der Waals surface area contributed by atoms with Gasteiger partial charge < -0.3 is 20.7 Å². The molecule has 7 heteroatoms. The quantitative estimate of drug-likeness (QED) is 0.664. The third-order valence-corrected chi connectivity index (χ3v) is 4.76. The minimum absolute atomic E-state index is 0. The molecule has 3 unspecified atom stereocenters. The van der Waals surface area contributed by atoms with Crippen molar-refractivity contribution >= 4 is 24.8 Å². The molecule has 134 valence electrons. The smallest absolute Gasteiger partial charge is 0.0926 e. The summed E-state index contributed by atoms with van der Waals surface area (Å²) in [5, 5.41) is 20.3. The summed E-state index contributed by atoms with van der Waals surface area (Å²) in [6.45, 7) is 3.60. The Balaban J connectivity index is 0.00000220. The second kappa shape index (κ2) is 11.8. The van der Waals surface area contributed by atoms with Crippen LogP contribution >= 0.6 is 24.8 Å². The Labute approximate surface area is 146 Å². The molecule has 2 fully saturated rings. The maximum absolute atomic E-state index is 10.2. The fourth-order valence-corrected chi connectivity index (χ4v) is 3.36. The fraction of sp³-hybridized carbons (Fsp3) is 1.00. The molecule has 0 bridgehead atoms. The molecular formula is C15H32Cl2N2O3. The molecule has 0 radical (unpaired) electrons. The van der Waals surface area contributed by atoms with Crippen molar-refractivity contribution in [2.45, 2.75) is 56.8 Å². The largest absolute Gasteiger partial charge is 0.390 e. The second-order valence-electron chi connectivity index (χ2n) is 6.35. The molecule has 0 aromatic rings. The van der Waals surface area contributed by atoms with Gasteiger partial charge in [-0.1, -0.05) is 19.3 Å². The first-order chi connectivity index (χ1) is 9.66. The molecule has 2 rings (SSSR count). The van der Waals surface area contributed by atoms with Crippen molar-refractivity contribution in [3.63, 3.8) is 0 Å². The molecule has 3 atom stereocenters. The van der Waals surface area contributed by atoms with Crippen molar-refractivity contribution in [3.8, 4) is 0 Å². The number of halogens is 2. The summed E-state index contributed by atoms with van der Waals surface area (Å²) in [5.41, 5.74) is 6.22. The normalized spacial score (nSPS) is 24.7. The van der Waals surface area contributed by atoms with Gasteiger partial charge in [-0.2, -0.15) is 0 Å². The molecule has 0 spiro atoms. The third-order valence-electron chi connectivity index (χ3n) is 4.76. The van der Waals surface area contributed by atoms with Gasteiger partial charge in [-0.3, -0.25) is 4.90 Å². The molecule has 1 saturated carbocycles. The van der Waals surface area contributed by atoms with Crippen LogP contribution in [-0.2, 0) is 4.74 Å². The predicted molar refractivity (Wildman–Crippen MR) is 92.9 cm³/mol. The average molecular weight is 359 g/mol. The van der Waals surface area contributed by atoms with E-state index in [2.05, 4.69) is 4.90 Å². The Morgan fingerprint density at radius 2 is 1.59 bits per heavy atom. The molecular weight excluding hydrogens is 327 g/mol. The van der Waals surface area contributed by atoms with E-state index in [1.165, 1.54) is 32.1 Å². The van der Waals surface area contributed by atoms with Crippen molar-refractivity contribution in [1.29, 1.82) is 0 Å². The second-order valence-corrected chi connectivity index (χ2v) is 6.35. The standard InChI is InChI=1S/C15H30N2O3.2ClH/c16-13(12-4-2-1-3-5-12)10-14(18)15(19)11-17-6-8-20-9-7-17;;/h12-15,18-19H,1-11,16H2;2*1H. The highest BCUT2D eigenvalue weighted by Gasteiger charge is 2.27. The number of hydrogen-bond donors (Lipinski definition) is 3. The van der Waals surface area contributed by atoms with Crippen molar-refractivity contribution in [2.24, 2.45) is 11.7 Å². The Morgan fingerprint density at radius 3 is 2.18 bits per heavy atom. The highest BCUT2D eigenvalue weighted by Crippen LogP contribution is 2.27. The summed E-state index contributed by atoms with van der Waals surface area (Å²) in [4.78, 5) is 2.14. The van der Waals surface area contributed by atoms with Gasteiger partial charge in [0.25, 0.3) is 0 Å². The van der Waals surface area contributed by atoms with Crippen LogP contribution in [0.2, 0.25) is 0 Å². The first-order valence-corrected chi connectivity index (χ1v) is 8.08. The van der Waals surface area contributed by atoms with Gasteiger partial charge in [-0.05, 0) is 25.2 Å². The van der Waals surface area contributed by atoms with E-state index in [1.807, 2.05) is 0 Å². The van der Waals surface area contributed by atoms with Crippen LogP contribution < -0.4 is 5.73 Å². The van der Waals surface area contributed by atoms with Gasteiger partial charge in [0.15, 0.2) is 0 Å². The van der Waals surface area contributed by atoms with E-state index in [-0.39, 0.29) is 30.9 Å². The maximum Gasteiger partial charge on any atom is 0.0926 e. The molecule has 2 aliphatic rings. The maximum atomic E-state index is 10.2. The number of β-amino-alcohol motifs (C(OH)–C–C–N with tert-alkyl or cyclic N) is 1.